The summed E-state index contributed by atoms with van der Waals surface area (Å²) in [7, 11) is 3.06. The van der Waals surface area contributed by atoms with E-state index in [-0.39, 0.29) is 36.0 Å². The molecule has 0 atom stereocenters. The van der Waals surface area contributed by atoms with Gasteiger partial charge in [-0.05, 0) is 18.9 Å². The second kappa shape index (κ2) is 7.88. The number of amides is 2. The van der Waals surface area contributed by atoms with Crippen LogP contribution in [0.1, 0.15) is 62.6 Å². The van der Waals surface area contributed by atoms with Crippen LogP contribution in [0.25, 0.3) is 0 Å². The molecule has 1 aliphatic heterocycles. The largest absolute Gasteiger partial charge is 0.469 e. The molecule has 0 saturated carbocycles. The van der Waals surface area contributed by atoms with Crippen molar-refractivity contribution in [2.75, 3.05) is 20.2 Å². The summed E-state index contributed by atoms with van der Waals surface area (Å²) in [5.41, 5.74) is 1.13. The zero-order valence-electron chi connectivity index (χ0n) is 16.2. The number of carbonyl (C=O) groups excluding carboxylic acids is 3. The minimum atomic E-state index is -0.336. The molecule has 8 heteroatoms. The van der Waals surface area contributed by atoms with Crippen LogP contribution >= 0.6 is 0 Å². The molecule has 1 aromatic heterocycles. The van der Waals surface area contributed by atoms with E-state index in [9.17, 15) is 14.4 Å². The maximum Gasteiger partial charge on any atom is 0.305 e. The molecule has 0 radical (unpaired) electrons. The number of ether oxygens (including phenoxy) is 1. The third-order valence-electron chi connectivity index (χ3n) is 4.42. The maximum absolute atomic E-state index is 12.9. The predicted octanol–water partition coefficient (Wildman–Crippen LogP) is 1.65. The lowest BCUT2D eigenvalue weighted by Gasteiger charge is -2.27. The van der Waals surface area contributed by atoms with Crippen LogP contribution in [0.5, 0.6) is 0 Å². The van der Waals surface area contributed by atoms with Gasteiger partial charge >= 0.3 is 5.97 Å². The van der Waals surface area contributed by atoms with Crippen molar-refractivity contribution in [3.05, 3.63) is 17.5 Å². The SMILES string of the molecule is COC(=O)CCCC(=O)N1CCCN1C(=O)c1cc(C(C)(C)C)nn1C. The molecule has 26 heavy (non-hydrogen) atoms. The summed E-state index contributed by atoms with van der Waals surface area (Å²) < 4.78 is 6.15. The Morgan fingerprint density at radius 2 is 1.81 bits per heavy atom. The summed E-state index contributed by atoms with van der Waals surface area (Å²) in [5.74, 6) is -0.718. The van der Waals surface area contributed by atoms with E-state index in [0.717, 1.165) is 12.1 Å². The van der Waals surface area contributed by atoms with Gasteiger partial charge in [0, 0.05) is 38.4 Å². The summed E-state index contributed by atoms with van der Waals surface area (Å²) in [5, 5.41) is 7.42. The lowest BCUT2D eigenvalue weighted by Crippen LogP contribution is -2.45. The van der Waals surface area contributed by atoms with Crippen LogP contribution in [-0.2, 0) is 26.8 Å². The topological polar surface area (TPSA) is 84.7 Å². The van der Waals surface area contributed by atoms with Gasteiger partial charge in [0.05, 0.1) is 12.8 Å². The Morgan fingerprint density at radius 3 is 2.38 bits per heavy atom. The summed E-state index contributed by atoms with van der Waals surface area (Å²) >= 11 is 0. The first-order valence-corrected chi connectivity index (χ1v) is 8.88. The number of hydrazine groups is 1. The molecule has 8 nitrogen and oxygen atoms in total. The van der Waals surface area contributed by atoms with E-state index in [2.05, 4.69) is 9.84 Å². The van der Waals surface area contributed by atoms with Gasteiger partial charge in [-0.25, -0.2) is 5.01 Å². The number of methoxy groups -OCH3 is 1. The third-order valence-corrected chi connectivity index (χ3v) is 4.42. The summed E-state index contributed by atoms with van der Waals surface area (Å²) in [6, 6.07) is 1.79. The molecule has 0 spiro atoms. The average molecular weight is 364 g/mol. The molecule has 1 fully saturated rings. The molecule has 0 unspecified atom stereocenters. The van der Waals surface area contributed by atoms with Crippen LogP contribution in [0.2, 0.25) is 0 Å². The lowest BCUT2D eigenvalue weighted by molar-refractivity contribution is -0.142. The van der Waals surface area contributed by atoms with E-state index in [4.69, 9.17) is 0 Å². The maximum atomic E-state index is 12.9. The monoisotopic (exact) mass is 364 g/mol. The highest BCUT2D eigenvalue weighted by Crippen LogP contribution is 2.23. The first-order valence-electron chi connectivity index (χ1n) is 8.88. The molecule has 1 aromatic rings. The Labute approximate surface area is 154 Å². The quantitative estimate of drug-likeness (QED) is 0.742. The van der Waals surface area contributed by atoms with Crippen molar-refractivity contribution in [2.45, 2.75) is 51.9 Å². The van der Waals surface area contributed by atoms with Crippen LogP contribution in [0.15, 0.2) is 6.07 Å². The van der Waals surface area contributed by atoms with Gasteiger partial charge in [0.2, 0.25) is 5.91 Å². The highest BCUT2D eigenvalue weighted by molar-refractivity contribution is 5.94. The van der Waals surface area contributed by atoms with E-state index < -0.39 is 0 Å². The van der Waals surface area contributed by atoms with Crippen molar-refractivity contribution in [1.29, 1.82) is 0 Å². The number of nitrogens with zero attached hydrogens (tertiary/aromatic N) is 4. The van der Waals surface area contributed by atoms with Gasteiger partial charge in [-0.15, -0.1) is 0 Å². The van der Waals surface area contributed by atoms with E-state index in [1.165, 1.54) is 17.1 Å². The Hall–Kier alpha value is -2.38. The molecule has 0 aliphatic carbocycles. The van der Waals surface area contributed by atoms with Gasteiger partial charge < -0.3 is 4.74 Å². The number of hydrogen-bond acceptors (Lipinski definition) is 5. The molecule has 0 N–H and O–H groups in total. The van der Waals surface area contributed by atoms with Crippen LogP contribution in [0, 0.1) is 0 Å². The lowest BCUT2D eigenvalue weighted by atomic mass is 9.92. The predicted molar refractivity (Wildman–Crippen MR) is 95.1 cm³/mol. The van der Waals surface area contributed by atoms with Crippen molar-refractivity contribution >= 4 is 17.8 Å². The van der Waals surface area contributed by atoms with Crippen LogP contribution in [0.4, 0.5) is 0 Å². The fourth-order valence-electron chi connectivity index (χ4n) is 2.86. The fraction of sp³-hybridized carbons (Fsp3) is 0.667. The van der Waals surface area contributed by atoms with Crippen LogP contribution in [-0.4, -0.2) is 57.8 Å². The minimum Gasteiger partial charge on any atom is -0.469 e. The van der Waals surface area contributed by atoms with Gasteiger partial charge in [0.15, 0.2) is 0 Å². The normalized spacial score (nSPS) is 14.7. The minimum absolute atomic E-state index is 0.155. The van der Waals surface area contributed by atoms with Gasteiger partial charge in [-0.2, -0.15) is 5.10 Å². The number of hydrogen-bond donors (Lipinski definition) is 0. The average Bonchev–Trinajstić information content (AvgIpc) is 3.20. The standard InChI is InChI=1S/C18H28N4O4/c1-18(2,3)14-12-13(20(4)19-14)17(25)22-11-7-10-21(22)15(23)8-6-9-16(24)26-5/h12H,6-11H2,1-5H3. The summed E-state index contributed by atoms with van der Waals surface area (Å²) in [6.45, 7) is 7.12. The van der Waals surface area contributed by atoms with Crippen molar-refractivity contribution in [3.8, 4) is 0 Å². The van der Waals surface area contributed by atoms with Crippen molar-refractivity contribution in [3.63, 3.8) is 0 Å². The second-order valence-corrected chi connectivity index (χ2v) is 7.52. The van der Waals surface area contributed by atoms with Crippen molar-refractivity contribution < 1.29 is 19.1 Å². The molecule has 2 heterocycles. The van der Waals surface area contributed by atoms with E-state index in [1.54, 1.807) is 17.8 Å². The van der Waals surface area contributed by atoms with E-state index in [0.29, 0.717) is 25.2 Å². The molecular formula is C18H28N4O4. The number of aromatic nitrogens is 2. The summed E-state index contributed by atoms with van der Waals surface area (Å²) in [4.78, 5) is 36.6. The van der Waals surface area contributed by atoms with E-state index >= 15 is 0 Å². The van der Waals surface area contributed by atoms with Gasteiger partial charge in [-0.3, -0.25) is 24.1 Å². The zero-order chi connectivity index (χ0) is 19.5. The van der Waals surface area contributed by atoms with Gasteiger partial charge in [-0.1, -0.05) is 20.8 Å². The Kier molecular flexibility index (Phi) is 6.05. The van der Waals surface area contributed by atoms with Crippen LogP contribution in [0.3, 0.4) is 0 Å². The molecular weight excluding hydrogens is 336 g/mol. The fourth-order valence-corrected chi connectivity index (χ4v) is 2.86. The number of carbonyl (C=O) groups is 3. The number of aryl methyl sites for hydroxylation is 1. The number of esters is 1. The third kappa shape index (κ3) is 4.42. The van der Waals surface area contributed by atoms with Gasteiger partial charge in [0.1, 0.15) is 5.69 Å². The molecule has 0 aromatic carbocycles. The molecule has 1 saturated heterocycles. The van der Waals surface area contributed by atoms with Crippen LogP contribution < -0.4 is 0 Å². The van der Waals surface area contributed by atoms with Crippen molar-refractivity contribution in [2.24, 2.45) is 7.05 Å². The smallest absolute Gasteiger partial charge is 0.305 e. The highest BCUT2D eigenvalue weighted by atomic mass is 16.5. The second-order valence-electron chi connectivity index (χ2n) is 7.52. The van der Waals surface area contributed by atoms with Crippen molar-refractivity contribution in [1.82, 2.24) is 19.8 Å². The number of rotatable bonds is 5. The Balaban J connectivity index is 2.07. The Bertz CT molecular complexity index is 690. The highest BCUT2D eigenvalue weighted by Gasteiger charge is 2.33. The first-order chi connectivity index (χ1) is 12.1. The Morgan fingerprint density at radius 1 is 1.15 bits per heavy atom. The molecule has 2 amide bonds. The summed E-state index contributed by atoms with van der Waals surface area (Å²) in [6.07, 6.45) is 1.54. The molecule has 1 aliphatic rings. The molecule has 0 bridgehead atoms. The van der Waals surface area contributed by atoms with Gasteiger partial charge in [0.25, 0.3) is 5.91 Å². The van der Waals surface area contributed by atoms with E-state index in [1.807, 2.05) is 20.8 Å². The molecule has 144 valence electrons. The first kappa shape index (κ1) is 19.9. The molecule has 2 rings (SSSR count). The zero-order valence-corrected chi connectivity index (χ0v) is 16.2.